The summed E-state index contributed by atoms with van der Waals surface area (Å²) < 4.78 is 5.58. The van der Waals surface area contributed by atoms with Gasteiger partial charge in [-0.1, -0.05) is 29.8 Å². The number of nitrogens with zero attached hydrogens (tertiary/aromatic N) is 2. The van der Waals surface area contributed by atoms with Crippen LogP contribution in [0.15, 0.2) is 60.7 Å². The van der Waals surface area contributed by atoms with E-state index in [1.165, 1.54) is 0 Å². The van der Waals surface area contributed by atoms with Crippen molar-refractivity contribution < 1.29 is 14.3 Å². The molecule has 0 saturated carbocycles. The minimum Gasteiger partial charge on any atom is -0.379 e. The summed E-state index contributed by atoms with van der Waals surface area (Å²) in [5.41, 5.74) is 5.73. The van der Waals surface area contributed by atoms with Gasteiger partial charge in [-0.3, -0.25) is 14.5 Å². The maximum Gasteiger partial charge on any atom is 0.258 e. The highest BCUT2D eigenvalue weighted by Crippen LogP contribution is 2.40. The van der Waals surface area contributed by atoms with Crippen LogP contribution in [0.5, 0.6) is 0 Å². The lowest BCUT2D eigenvalue weighted by atomic mass is 9.87. The Bertz CT molecular complexity index is 1370. The predicted molar refractivity (Wildman–Crippen MR) is 157 cm³/mol. The van der Waals surface area contributed by atoms with Crippen LogP contribution < -0.4 is 10.2 Å². The zero-order valence-corrected chi connectivity index (χ0v) is 23.6. The molecule has 7 heteroatoms. The Kier molecular flexibility index (Phi) is 8.36. The van der Waals surface area contributed by atoms with E-state index in [-0.39, 0.29) is 17.7 Å². The van der Waals surface area contributed by atoms with Crippen molar-refractivity contribution in [1.29, 1.82) is 0 Å². The number of anilines is 2. The Labute approximate surface area is 235 Å². The van der Waals surface area contributed by atoms with Crippen LogP contribution in [0.4, 0.5) is 11.4 Å². The molecule has 2 heterocycles. The van der Waals surface area contributed by atoms with Crippen molar-refractivity contribution in [2.75, 3.05) is 43.1 Å². The highest BCUT2D eigenvalue weighted by atomic mass is 35.5. The summed E-state index contributed by atoms with van der Waals surface area (Å²) >= 11 is 6.50. The van der Waals surface area contributed by atoms with E-state index in [2.05, 4.69) is 17.1 Å². The molecule has 3 aromatic rings. The fourth-order valence-corrected chi connectivity index (χ4v) is 6.10. The largest absolute Gasteiger partial charge is 0.379 e. The molecule has 2 aliphatic heterocycles. The summed E-state index contributed by atoms with van der Waals surface area (Å²) in [6, 6.07) is 19.2. The topological polar surface area (TPSA) is 61.9 Å². The Hall–Kier alpha value is -3.19. The van der Waals surface area contributed by atoms with Gasteiger partial charge in [-0.2, -0.15) is 0 Å². The molecule has 2 atom stereocenters. The molecule has 1 fully saturated rings. The van der Waals surface area contributed by atoms with Gasteiger partial charge in [0.2, 0.25) is 0 Å². The molecule has 0 bridgehead atoms. The van der Waals surface area contributed by atoms with Gasteiger partial charge in [-0.05, 0) is 92.8 Å². The monoisotopic (exact) mass is 545 g/mol. The van der Waals surface area contributed by atoms with Crippen molar-refractivity contribution in [2.45, 2.75) is 45.6 Å². The van der Waals surface area contributed by atoms with Crippen LogP contribution in [0.25, 0.3) is 0 Å². The molecule has 2 aliphatic rings. The predicted octanol–water partition coefficient (Wildman–Crippen LogP) is 6.45. The smallest absolute Gasteiger partial charge is 0.258 e. The van der Waals surface area contributed by atoms with Crippen LogP contribution in [0.2, 0.25) is 5.02 Å². The minimum atomic E-state index is -0.162. The van der Waals surface area contributed by atoms with E-state index in [1.807, 2.05) is 73.3 Å². The molecule has 6 nitrogen and oxygen atoms in total. The zero-order chi connectivity index (χ0) is 27.5. The lowest BCUT2D eigenvalue weighted by Gasteiger charge is -2.37. The summed E-state index contributed by atoms with van der Waals surface area (Å²) in [5, 5.41) is 3.66. The molecule has 0 aliphatic carbocycles. The number of aryl methyl sites for hydroxylation is 2. The third-order valence-electron chi connectivity index (χ3n) is 8.13. The molecular formula is C32H36ClN3O3. The van der Waals surface area contributed by atoms with E-state index >= 15 is 0 Å². The maximum absolute atomic E-state index is 14.0. The summed E-state index contributed by atoms with van der Waals surface area (Å²) in [6.45, 7) is 10.1. The van der Waals surface area contributed by atoms with E-state index < -0.39 is 0 Å². The van der Waals surface area contributed by atoms with Crippen molar-refractivity contribution in [3.8, 4) is 0 Å². The molecule has 1 N–H and O–H groups in total. The van der Waals surface area contributed by atoms with Crippen LogP contribution >= 0.6 is 11.6 Å². The highest BCUT2D eigenvalue weighted by Gasteiger charge is 2.33. The zero-order valence-electron chi connectivity index (χ0n) is 22.9. The van der Waals surface area contributed by atoms with Crippen molar-refractivity contribution in [1.82, 2.24) is 4.90 Å². The lowest BCUT2D eigenvalue weighted by molar-refractivity contribution is 0.0140. The standard InChI is InChI=1S/C32H36ClN3O3/c1-21-7-4-5-8-26(21)31(37)34-25-11-12-27(22(2)19-25)32(38)36-14-6-9-28(23(3)35-15-17-39-18-16-35)29-20-24(33)10-13-30(29)36/h4-5,7-8,10-13,19-20,23,28H,6,9,14-18H2,1-3H3,(H,34,37). The second-order valence-corrected chi connectivity index (χ2v) is 11.0. The van der Waals surface area contributed by atoms with E-state index in [1.54, 1.807) is 6.07 Å². The van der Waals surface area contributed by atoms with E-state index in [4.69, 9.17) is 16.3 Å². The third-order valence-corrected chi connectivity index (χ3v) is 8.37. The van der Waals surface area contributed by atoms with Crippen molar-refractivity contribution >= 4 is 34.8 Å². The van der Waals surface area contributed by atoms with Crippen molar-refractivity contribution in [3.63, 3.8) is 0 Å². The quantitative estimate of drug-likeness (QED) is 0.400. The summed E-state index contributed by atoms with van der Waals surface area (Å²) in [5.74, 6) is 0.0765. The van der Waals surface area contributed by atoms with E-state index in [9.17, 15) is 9.59 Å². The minimum absolute atomic E-state index is 0.0347. The SMILES string of the molecule is Cc1ccccc1C(=O)Nc1ccc(C(=O)N2CCCC(C(C)N3CCOCC3)c3cc(Cl)ccc32)c(C)c1. The van der Waals surface area contributed by atoms with Crippen LogP contribution in [0.1, 0.15) is 63.1 Å². The van der Waals surface area contributed by atoms with Gasteiger partial charge in [0.05, 0.1) is 13.2 Å². The molecular weight excluding hydrogens is 510 g/mol. The number of fused-ring (bicyclic) bond motifs is 1. The summed E-state index contributed by atoms with van der Waals surface area (Å²) in [4.78, 5) is 31.2. The number of carbonyl (C=O) groups is 2. The Morgan fingerprint density at radius 2 is 1.72 bits per heavy atom. The van der Waals surface area contributed by atoms with E-state index in [0.717, 1.165) is 61.5 Å². The number of rotatable bonds is 5. The number of hydrogen-bond donors (Lipinski definition) is 1. The first kappa shape index (κ1) is 27.4. The number of amides is 2. The number of benzene rings is 3. The molecule has 0 spiro atoms. The molecule has 5 rings (SSSR count). The molecule has 2 unspecified atom stereocenters. The molecule has 0 aromatic heterocycles. The third kappa shape index (κ3) is 5.88. The van der Waals surface area contributed by atoms with Gasteiger partial charge >= 0.3 is 0 Å². The molecule has 1 saturated heterocycles. The Morgan fingerprint density at radius 3 is 2.46 bits per heavy atom. The Balaban J connectivity index is 1.40. The van der Waals surface area contributed by atoms with Gasteiger partial charge in [0, 0.05) is 59.1 Å². The van der Waals surface area contributed by atoms with Gasteiger partial charge in [-0.15, -0.1) is 0 Å². The average Bonchev–Trinajstić information content (AvgIpc) is 3.12. The summed E-state index contributed by atoms with van der Waals surface area (Å²) in [7, 11) is 0. The second kappa shape index (κ2) is 11.9. The van der Waals surface area contributed by atoms with Gasteiger partial charge in [0.25, 0.3) is 11.8 Å². The molecule has 39 heavy (non-hydrogen) atoms. The average molecular weight is 546 g/mol. The number of hydrogen-bond acceptors (Lipinski definition) is 4. The first-order valence-corrected chi connectivity index (χ1v) is 14.1. The second-order valence-electron chi connectivity index (χ2n) is 10.6. The highest BCUT2D eigenvalue weighted by molar-refractivity contribution is 6.30. The lowest BCUT2D eigenvalue weighted by Crippen LogP contribution is -2.44. The van der Waals surface area contributed by atoms with E-state index in [0.29, 0.717) is 34.4 Å². The van der Waals surface area contributed by atoms with Crippen LogP contribution in [-0.4, -0.2) is 55.6 Å². The first-order chi connectivity index (χ1) is 18.8. The van der Waals surface area contributed by atoms with Gasteiger partial charge in [0.1, 0.15) is 0 Å². The fraction of sp³-hybridized carbons (Fsp3) is 0.375. The first-order valence-electron chi connectivity index (χ1n) is 13.7. The number of nitrogens with one attached hydrogen (secondary N) is 1. The van der Waals surface area contributed by atoms with Gasteiger partial charge in [-0.25, -0.2) is 0 Å². The molecule has 2 amide bonds. The summed E-state index contributed by atoms with van der Waals surface area (Å²) in [6.07, 6.45) is 1.89. The van der Waals surface area contributed by atoms with Crippen LogP contribution in [0, 0.1) is 13.8 Å². The van der Waals surface area contributed by atoms with Crippen LogP contribution in [0.3, 0.4) is 0 Å². The van der Waals surface area contributed by atoms with Gasteiger partial charge in [0.15, 0.2) is 0 Å². The molecule has 0 radical (unpaired) electrons. The number of ether oxygens (including phenoxy) is 1. The van der Waals surface area contributed by atoms with Crippen LogP contribution in [-0.2, 0) is 4.74 Å². The maximum atomic E-state index is 14.0. The number of halogens is 1. The number of carbonyl (C=O) groups excluding carboxylic acids is 2. The fourth-order valence-electron chi connectivity index (χ4n) is 5.92. The normalized spacial score (nSPS) is 18.7. The molecule has 204 valence electrons. The van der Waals surface area contributed by atoms with Crippen molar-refractivity contribution in [2.24, 2.45) is 0 Å². The molecule has 3 aromatic carbocycles. The number of morpholine rings is 1. The van der Waals surface area contributed by atoms with Crippen molar-refractivity contribution in [3.05, 3.63) is 93.5 Å². The van der Waals surface area contributed by atoms with Gasteiger partial charge < -0.3 is 15.0 Å². The Morgan fingerprint density at radius 1 is 0.949 bits per heavy atom.